The number of rotatable bonds is 3. The molecule has 0 atom stereocenters. The topological polar surface area (TPSA) is 60.2 Å². The van der Waals surface area contributed by atoms with E-state index in [-0.39, 0.29) is 0 Å². The van der Waals surface area contributed by atoms with Gasteiger partial charge >= 0.3 is 0 Å². The molecule has 0 aliphatic rings. The van der Waals surface area contributed by atoms with E-state index in [1.807, 2.05) is 25.1 Å². The van der Waals surface area contributed by atoms with Gasteiger partial charge < -0.3 is 10.2 Å². The maximum absolute atomic E-state index is 5.41. The molecule has 17 heavy (non-hydrogen) atoms. The van der Waals surface area contributed by atoms with Crippen molar-refractivity contribution in [1.82, 2.24) is 4.98 Å². The summed E-state index contributed by atoms with van der Waals surface area (Å²) in [6, 6.07) is 5.87. The van der Waals surface area contributed by atoms with Gasteiger partial charge in [-0.15, -0.1) is 0 Å². The molecule has 0 amide bonds. The SMILES string of the molecule is COc1ccc(-c2nc(C)c(NN)s2)cc1Br. The molecule has 1 aromatic heterocycles. The summed E-state index contributed by atoms with van der Waals surface area (Å²) in [5, 5.41) is 1.81. The Morgan fingerprint density at radius 2 is 2.24 bits per heavy atom. The van der Waals surface area contributed by atoms with Gasteiger partial charge in [0, 0.05) is 5.56 Å². The molecular weight excluding hydrogens is 302 g/mol. The molecule has 0 radical (unpaired) electrons. The summed E-state index contributed by atoms with van der Waals surface area (Å²) in [5.41, 5.74) is 4.58. The van der Waals surface area contributed by atoms with Crippen molar-refractivity contribution in [2.45, 2.75) is 6.92 Å². The zero-order valence-corrected chi connectivity index (χ0v) is 11.9. The number of methoxy groups -OCH3 is 1. The van der Waals surface area contributed by atoms with Crippen LogP contribution in [-0.2, 0) is 0 Å². The molecule has 90 valence electrons. The second-order valence-corrected chi connectivity index (χ2v) is 5.28. The average molecular weight is 314 g/mol. The van der Waals surface area contributed by atoms with E-state index in [9.17, 15) is 0 Å². The number of nitrogen functional groups attached to an aromatic ring is 1. The highest BCUT2D eigenvalue weighted by atomic mass is 79.9. The minimum absolute atomic E-state index is 0.805. The molecule has 0 saturated heterocycles. The maximum Gasteiger partial charge on any atom is 0.133 e. The van der Waals surface area contributed by atoms with Gasteiger partial charge in [0.15, 0.2) is 0 Å². The van der Waals surface area contributed by atoms with Crippen LogP contribution in [0.15, 0.2) is 22.7 Å². The van der Waals surface area contributed by atoms with Gasteiger partial charge in [-0.3, -0.25) is 0 Å². The van der Waals surface area contributed by atoms with Crippen LogP contribution < -0.4 is 16.0 Å². The third-order valence-corrected chi connectivity index (χ3v) is 4.08. The van der Waals surface area contributed by atoms with Crippen molar-refractivity contribution in [3.8, 4) is 16.3 Å². The number of aromatic nitrogens is 1. The average Bonchev–Trinajstić information content (AvgIpc) is 2.70. The number of halogens is 1. The molecule has 2 aromatic rings. The monoisotopic (exact) mass is 313 g/mol. The Labute approximate surface area is 112 Å². The van der Waals surface area contributed by atoms with Crippen molar-refractivity contribution >= 4 is 32.3 Å². The number of nitrogens with one attached hydrogen (secondary N) is 1. The molecule has 0 fully saturated rings. The van der Waals surface area contributed by atoms with Gasteiger partial charge in [0.25, 0.3) is 0 Å². The molecule has 2 rings (SSSR count). The minimum atomic E-state index is 0.805. The second kappa shape index (κ2) is 5.03. The highest BCUT2D eigenvalue weighted by Crippen LogP contribution is 2.35. The number of nitrogens with zero attached hydrogens (tertiary/aromatic N) is 1. The lowest BCUT2D eigenvalue weighted by atomic mass is 10.2. The molecule has 6 heteroatoms. The number of aryl methyl sites for hydroxylation is 1. The number of benzene rings is 1. The normalized spacial score (nSPS) is 10.4. The molecule has 0 bridgehead atoms. The Bertz CT molecular complexity index is 542. The summed E-state index contributed by atoms with van der Waals surface area (Å²) in [6.45, 7) is 1.92. The number of hydrazine groups is 1. The van der Waals surface area contributed by atoms with Crippen molar-refractivity contribution in [3.05, 3.63) is 28.4 Å². The van der Waals surface area contributed by atoms with Crippen LogP contribution in [0.25, 0.3) is 10.6 Å². The van der Waals surface area contributed by atoms with Crippen LogP contribution in [-0.4, -0.2) is 12.1 Å². The fraction of sp³-hybridized carbons (Fsp3) is 0.182. The first-order chi connectivity index (χ1) is 8.15. The van der Waals surface area contributed by atoms with Crippen LogP contribution in [0.3, 0.4) is 0 Å². The van der Waals surface area contributed by atoms with Gasteiger partial charge in [0.1, 0.15) is 15.8 Å². The summed E-state index contributed by atoms with van der Waals surface area (Å²) < 4.78 is 6.10. The molecule has 4 nitrogen and oxygen atoms in total. The van der Waals surface area contributed by atoms with Crippen molar-refractivity contribution in [3.63, 3.8) is 0 Å². The highest BCUT2D eigenvalue weighted by Gasteiger charge is 2.10. The lowest BCUT2D eigenvalue weighted by molar-refractivity contribution is 0.412. The molecule has 0 unspecified atom stereocenters. The molecule has 0 aliphatic carbocycles. The molecule has 0 spiro atoms. The largest absolute Gasteiger partial charge is 0.496 e. The first kappa shape index (κ1) is 12.3. The molecule has 0 saturated carbocycles. The lowest BCUT2D eigenvalue weighted by Gasteiger charge is -2.04. The summed E-state index contributed by atoms with van der Waals surface area (Å²) in [7, 11) is 1.64. The first-order valence-electron chi connectivity index (χ1n) is 4.93. The summed E-state index contributed by atoms with van der Waals surface area (Å²) in [6.07, 6.45) is 0. The van der Waals surface area contributed by atoms with Crippen molar-refractivity contribution < 1.29 is 4.74 Å². The van der Waals surface area contributed by atoms with E-state index in [0.717, 1.165) is 31.5 Å². The Kier molecular flexibility index (Phi) is 3.66. The van der Waals surface area contributed by atoms with Gasteiger partial charge in [-0.1, -0.05) is 11.3 Å². The fourth-order valence-corrected chi connectivity index (χ4v) is 2.87. The molecule has 1 aromatic carbocycles. The summed E-state index contributed by atoms with van der Waals surface area (Å²) in [5.74, 6) is 6.21. The number of hydrogen-bond acceptors (Lipinski definition) is 5. The second-order valence-electron chi connectivity index (χ2n) is 3.43. The Balaban J connectivity index is 2.42. The highest BCUT2D eigenvalue weighted by molar-refractivity contribution is 9.10. The van der Waals surface area contributed by atoms with E-state index in [2.05, 4.69) is 26.3 Å². The van der Waals surface area contributed by atoms with Crippen LogP contribution in [0.4, 0.5) is 5.00 Å². The lowest BCUT2D eigenvalue weighted by Crippen LogP contribution is -2.05. The molecule has 1 heterocycles. The van der Waals surface area contributed by atoms with Crippen LogP contribution in [0.2, 0.25) is 0 Å². The third kappa shape index (κ3) is 2.43. The van der Waals surface area contributed by atoms with E-state index in [0.29, 0.717) is 0 Å². The standard InChI is InChI=1S/C11H12BrN3OS/c1-6-10(15-13)17-11(14-6)7-3-4-9(16-2)8(12)5-7/h3-5,15H,13H2,1-2H3. The van der Waals surface area contributed by atoms with E-state index in [1.54, 1.807) is 7.11 Å². The number of hydrogen-bond donors (Lipinski definition) is 2. The van der Waals surface area contributed by atoms with Crippen LogP contribution in [0.1, 0.15) is 5.69 Å². The third-order valence-electron chi connectivity index (χ3n) is 2.33. The van der Waals surface area contributed by atoms with E-state index < -0.39 is 0 Å². The van der Waals surface area contributed by atoms with E-state index in [4.69, 9.17) is 10.6 Å². The molecule has 3 N–H and O–H groups in total. The molecule has 0 aliphatic heterocycles. The Hall–Kier alpha value is -1.11. The van der Waals surface area contributed by atoms with Gasteiger partial charge in [0.05, 0.1) is 17.3 Å². The predicted molar refractivity (Wildman–Crippen MR) is 74.3 cm³/mol. The van der Waals surface area contributed by atoms with Crippen molar-refractivity contribution in [2.24, 2.45) is 5.84 Å². The summed E-state index contributed by atoms with van der Waals surface area (Å²) >= 11 is 4.98. The maximum atomic E-state index is 5.41. The van der Waals surface area contributed by atoms with Crippen LogP contribution >= 0.6 is 27.3 Å². The Morgan fingerprint density at radius 3 is 2.76 bits per heavy atom. The smallest absolute Gasteiger partial charge is 0.133 e. The fourth-order valence-electron chi connectivity index (χ4n) is 1.45. The van der Waals surface area contributed by atoms with Gasteiger partial charge in [-0.2, -0.15) is 0 Å². The number of nitrogens with two attached hydrogens (primary N) is 1. The van der Waals surface area contributed by atoms with E-state index in [1.165, 1.54) is 11.3 Å². The first-order valence-corrected chi connectivity index (χ1v) is 6.54. The zero-order chi connectivity index (χ0) is 12.4. The van der Waals surface area contributed by atoms with Gasteiger partial charge in [-0.25, -0.2) is 10.8 Å². The zero-order valence-electron chi connectivity index (χ0n) is 9.45. The summed E-state index contributed by atoms with van der Waals surface area (Å²) in [4.78, 5) is 4.46. The number of thiazole rings is 1. The predicted octanol–water partition coefficient (Wildman–Crippen LogP) is 3.18. The number of anilines is 1. The Morgan fingerprint density at radius 1 is 1.47 bits per heavy atom. The van der Waals surface area contributed by atoms with Crippen molar-refractivity contribution in [1.29, 1.82) is 0 Å². The van der Waals surface area contributed by atoms with Gasteiger partial charge in [0.2, 0.25) is 0 Å². The van der Waals surface area contributed by atoms with Crippen LogP contribution in [0, 0.1) is 6.92 Å². The van der Waals surface area contributed by atoms with Crippen LogP contribution in [0.5, 0.6) is 5.75 Å². The quantitative estimate of drug-likeness (QED) is 0.675. The molecular formula is C11H12BrN3OS. The van der Waals surface area contributed by atoms with Gasteiger partial charge in [-0.05, 0) is 41.1 Å². The minimum Gasteiger partial charge on any atom is -0.496 e. The van der Waals surface area contributed by atoms with Crippen molar-refractivity contribution in [2.75, 3.05) is 12.5 Å². The number of ether oxygens (including phenoxy) is 1. The van der Waals surface area contributed by atoms with E-state index >= 15 is 0 Å².